The Morgan fingerprint density at radius 1 is 1.26 bits per heavy atom. The molecule has 0 saturated heterocycles. The predicted molar refractivity (Wildman–Crippen MR) is 63.9 cm³/mol. The summed E-state index contributed by atoms with van der Waals surface area (Å²) in [4.78, 5) is 32.7. The molecule has 19 heavy (non-hydrogen) atoms. The van der Waals surface area contributed by atoms with Crippen LogP contribution in [0.25, 0.3) is 0 Å². The Labute approximate surface area is 107 Å². The third kappa shape index (κ3) is 3.96. The normalized spacial score (nSPS) is 11.6. The number of aromatic carboxylic acids is 1. The zero-order chi connectivity index (χ0) is 14.6. The number of benzene rings is 1. The van der Waals surface area contributed by atoms with Crippen molar-refractivity contribution in [2.45, 2.75) is 12.5 Å². The first-order chi connectivity index (χ1) is 8.81. The number of carbonyl (C=O) groups is 3. The lowest BCUT2D eigenvalue weighted by molar-refractivity contribution is -0.138. The smallest absolute Gasteiger partial charge is 0.339 e. The first-order valence-corrected chi connectivity index (χ1v) is 5.16. The van der Waals surface area contributed by atoms with Crippen LogP contribution in [0.1, 0.15) is 16.8 Å². The van der Waals surface area contributed by atoms with Crippen molar-refractivity contribution in [3.8, 4) is 5.75 Å². The van der Waals surface area contributed by atoms with Crippen LogP contribution in [0.15, 0.2) is 18.2 Å². The number of phenols is 1. The number of carboxylic acid groups (broad SMARTS) is 2. The maximum Gasteiger partial charge on any atom is 0.339 e. The fraction of sp³-hybridized carbons (Fsp3) is 0.182. The number of aliphatic carboxylic acids is 1. The van der Waals surface area contributed by atoms with Crippen LogP contribution in [0, 0.1) is 0 Å². The van der Waals surface area contributed by atoms with Crippen LogP contribution in [-0.2, 0) is 9.59 Å². The Morgan fingerprint density at radius 3 is 2.42 bits per heavy atom. The highest BCUT2D eigenvalue weighted by Gasteiger charge is 2.18. The summed E-state index contributed by atoms with van der Waals surface area (Å²) in [5.74, 6) is -3.78. The lowest BCUT2D eigenvalue weighted by Gasteiger charge is -2.11. The van der Waals surface area contributed by atoms with Gasteiger partial charge in [0, 0.05) is 5.69 Å². The fourth-order valence-corrected chi connectivity index (χ4v) is 1.30. The van der Waals surface area contributed by atoms with Crippen molar-refractivity contribution in [2.75, 3.05) is 5.32 Å². The number of amides is 1. The van der Waals surface area contributed by atoms with Gasteiger partial charge in [0.1, 0.15) is 11.3 Å². The molecule has 0 bridgehead atoms. The van der Waals surface area contributed by atoms with Gasteiger partial charge in [0.15, 0.2) is 0 Å². The molecule has 0 unspecified atom stereocenters. The van der Waals surface area contributed by atoms with Gasteiger partial charge in [-0.05, 0) is 18.2 Å². The first kappa shape index (κ1) is 14.5. The Bertz CT molecular complexity index is 528. The number of aromatic hydroxyl groups is 1. The highest BCUT2D eigenvalue weighted by molar-refractivity contribution is 5.98. The average Bonchev–Trinajstić information content (AvgIpc) is 2.30. The summed E-state index contributed by atoms with van der Waals surface area (Å²) >= 11 is 0. The van der Waals surface area contributed by atoms with Crippen molar-refractivity contribution in [1.82, 2.24) is 0 Å². The van der Waals surface area contributed by atoms with E-state index in [0.717, 1.165) is 12.1 Å². The van der Waals surface area contributed by atoms with Gasteiger partial charge in [-0.25, -0.2) is 4.79 Å². The summed E-state index contributed by atoms with van der Waals surface area (Å²) in [5, 5.41) is 28.8. The lowest BCUT2D eigenvalue weighted by atomic mass is 10.1. The highest BCUT2D eigenvalue weighted by Crippen LogP contribution is 2.21. The van der Waals surface area contributed by atoms with Gasteiger partial charge in [-0.2, -0.15) is 0 Å². The van der Waals surface area contributed by atoms with Crippen LogP contribution in [-0.4, -0.2) is 39.2 Å². The standard InChI is InChI=1S/C11H12N2O6/c12-7(4-9(15)16)10(17)13-5-1-2-8(14)6(3-5)11(18)19/h1-3,7,14H,4,12H2,(H,13,17)(H,15,16)(H,18,19)/t7-/m0/s1. The van der Waals surface area contributed by atoms with Crippen molar-refractivity contribution < 1.29 is 29.7 Å². The number of carbonyl (C=O) groups excluding carboxylic acids is 1. The molecule has 0 radical (unpaired) electrons. The monoisotopic (exact) mass is 268 g/mol. The molecule has 1 aromatic carbocycles. The molecule has 0 fully saturated rings. The Balaban J connectivity index is 2.83. The molecule has 8 nitrogen and oxygen atoms in total. The summed E-state index contributed by atoms with van der Waals surface area (Å²) in [7, 11) is 0. The maximum absolute atomic E-state index is 11.5. The first-order valence-electron chi connectivity index (χ1n) is 5.16. The van der Waals surface area contributed by atoms with E-state index in [2.05, 4.69) is 5.32 Å². The van der Waals surface area contributed by atoms with Gasteiger partial charge in [0.25, 0.3) is 0 Å². The SMILES string of the molecule is N[C@@H](CC(=O)O)C(=O)Nc1ccc(O)c(C(=O)O)c1. The molecule has 1 amide bonds. The molecular weight excluding hydrogens is 256 g/mol. The molecular formula is C11H12N2O6. The molecule has 0 aliphatic heterocycles. The van der Waals surface area contributed by atoms with Crippen molar-refractivity contribution in [1.29, 1.82) is 0 Å². The number of hydrogen-bond donors (Lipinski definition) is 5. The molecule has 1 rings (SSSR count). The fourth-order valence-electron chi connectivity index (χ4n) is 1.30. The topological polar surface area (TPSA) is 150 Å². The second-order valence-electron chi connectivity index (χ2n) is 3.73. The second kappa shape index (κ2) is 5.83. The van der Waals surface area contributed by atoms with Crippen LogP contribution in [0.5, 0.6) is 5.75 Å². The third-order valence-corrected chi connectivity index (χ3v) is 2.23. The molecule has 102 valence electrons. The van der Waals surface area contributed by atoms with E-state index in [1.54, 1.807) is 0 Å². The van der Waals surface area contributed by atoms with Crippen LogP contribution in [0.4, 0.5) is 5.69 Å². The van der Waals surface area contributed by atoms with Gasteiger partial charge in [0.2, 0.25) is 5.91 Å². The maximum atomic E-state index is 11.5. The Hall–Kier alpha value is -2.61. The summed E-state index contributed by atoms with van der Waals surface area (Å²) in [6.07, 6.45) is -0.546. The van der Waals surface area contributed by atoms with Crippen molar-refractivity contribution >= 4 is 23.5 Å². The molecule has 0 spiro atoms. The number of nitrogens with one attached hydrogen (secondary N) is 1. The van der Waals surface area contributed by atoms with Crippen molar-refractivity contribution in [3.05, 3.63) is 23.8 Å². The van der Waals surface area contributed by atoms with E-state index in [-0.39, 0.29) is 11.3 Å². The zero-order valence-corrected chi connectivity index (χ0v) is 9.66. The van der Waals surface area contributed by atoms with Gasteiger partial charge in [-0.1, -0.05) is 0 Å². The lowest BCUT2D eigenvalue weighted by Crippen LogP contribution is -2.37. The molecule has 0 heterocycles. The van der Waals surface area contributed by atoms with E-state index in [4.69, 9.17) is 15.9 Å². The average molecular weight is 268 g/mol. The van der Waals surface area contributed by atoms with Crippen LogP contribution in [0.2, 0.25) is 0 Å². The molecule has 0 aliphatic carbocycles. The molecule has 0 saturated carbocycles. The molecule has 0 aromatic heterocycles. The molecule has 8 heteroatoms. The van der Waals surface area contributed by atoms with Gasteiger partial charge in [-0.15, -0.1) is 0 Å². The summed E-state index contributed by atoms with van der Waals surface area (Å²) in [5.41, 5.74) is 5.05. The number of hydrogen-bond acceptors (Lipinski definition) is 5. The van der Waals surface area contributed by atoms with E-state index in [1.165, 1.54) is 6.07 Å². The van der Waals surface area contributed by atoms with Gasteiger partial charge in [-0.3, -0.25) is 9.59 Å². The zero-order valence-electron chi connectivity index (χ0n) is 9.66. The van der Waals surface area contributed by atoms with Gasteiger partial charge < -0.3 is 26.4 Å². The molecule has 1 atom stereocenters. The van der Waals surface area contributed by atoms with Gasteiger partial charge in [0.05, 0.1) is 12.5 Å². The summed E-state index contributed by atoms with van der Waals surface area (Å²) in [6.45, 7) is 0. The largest absolute Gasteiger partial charge is 0.507 e. The van der Waals surface area contributed by atoms with Gasteiger partial charge >= 0.3 is 11.9 Å². The minimum Gasteiger partial charge on any atom is -0.507 e. The minimum atomic E-state index is -1.36. The van der Waals surface area contributed by atoms with E-state index < -0.39 is 36.1 Å². The number of nitrogens with two attached hydrogens (primary N) is 1. The number of anilines is 1. The Kier molecular flexibility index (Phi) is 4.43. The van der Waals surface area contributed by atoms with Crippen LogP contribution in [0.3, 0.4) is 0 Å². The van der Waals surface area contributed by atoms with E-state index in [1.807, 2.05) is 0 Å². The quantitative estimate of drug-likeness (QED) is 0.465. The number of rotatable bonds is 5. The van der Waals surface area contributed by atoms with Crippen molar-refractivity contribution in [3.63, 3.8) is 0 Å². The number of carboxylic acids is 2. The second-order valence-corrected chi connectivity index (χ2v) is 3.73. The molecule has 1 aromatic rings. The van der Waals surface area contributed by atoms with E-state index in [9.17, 15) is 19.5 Å². The summed E-state index contributed by atoms with van der Waals surface area (Å²) < 4.78 is 0. The van der Waals surface area contributed by atoms with E-state index in [0.29, 0.717) is 0 Å². The van der Waals surface area contributed by atoms with Crippen molar-refractivity contribution in [2.24, 2.45) is 5.73 Å². The molecule has 6 N–H and O–H groups in total. The Morgan fingerprint density at radius 2 is 1.89 bits per heavy atom. The van der Waals surface area contributed by atoms with Crippen LogP contribution < -0.4 is 11.1 Å². The van der Waals surface area contributed by atoms with Crippen LogP contribution >= 0.6 is 0 Å². The highest BCUT2D eigenvalue weighted by atomic mass is 16.4. The summed E-state index contributed by atoms with van der Waals surface area (Å²) in [6, 6.07) is 2.16. The third-order valence-electron chi connectivity index (χ3n) is 2.23. The minimum absolute atomic E-state index is 0.0982. The predicted octanol–water partition coefficient (Wildman–Crippen LogP) is -0.169. The molecule has 0 aliphatic rings. The van der Waals surface area contributed by atoms with E-state index >= 15 is 0 Å².